The Morgan fingerprint density at radius 1 is 1.47 bits per heavy atom. The molecule has 0 radical (unpaired) electrons. The minimum absolute atomic E-state index is 0.324. The molecule has 1 aliphatic carbocycles. The van der Waals surface area contributed by atoms with Crippen molar-refractivity contribution in [2.45, 2.75) is 31.0 Å². The number of alkyl halides is 1. The summed E-state index contributed by atoms with van der Waals surface area (Å²) in [5, 5.41) is 10.8. The van der Waals surface area contributed by atoms with Gasteiger partial charge in [0.05, 0.1) is 0 Å². The molecule has 1 N–H and O–H groups in total. The third-order valence-electron chi connectivity index (χ3n) is 3.36. The lowest BCUT2D eigenvalue weighted by Crippen LogP contribution is -2.39. The van der Waals surface area contributed by atoms with Gasteiger partial charge >= 0.3 is 0 Å². The first-order chi connectivity index (χ1) is 7.92. The Labute approximate surface area is 110 Å². The number of halogens is 3. The number of aliphatic hydroxyl groups is 1. The topological polar surface area (TPSA) is 20.2 Å². The third-order valence-corrected chi connectivity index (χ3v) is 3.91. The van der Waals surface area contributed by atoms with Crippen LogP contribution in [-0.4, -0.2) is 16.4 Å². The van der Waals surface area contributed by atoms with E-state index in [2.05, 4.69) is 0 Å². The molecular formula is C13H13Cl2FO. The summed E-state index contributed by atoms with van der Waals surface area (Å²) in [6.07, 6.45) is 0.692. The van der Waals surface area contributed by atoms with E-state index in [-0.39, 0.29) is 0 Å². The maximum Gasteiger partial charge on any atom is 0.143 e. The van der Waals surface area contributed by atoms with Gasteiger partial charge in [-0.2, -0.15) is 0 Å². The van der Waals surface area contributed by atoms with E-state index in [9.17, 15) is 9.50 Å². The fourth-order valence-corrected chi connectivity index (χ4v) is 2.51. The van der Waals surface area contributed by atoms with Crippen LogP contribution in [0, 0.1) is 0 Å². The molecular weight excluding hydrogens is 262 g/mol. The number of hydrogen-bond donors (Lipinski definition) is 1. The van der Waals surface area contributed by atoms with Crippen molar-refractivity contribution in [2.24, 2.45) is 0 Å². The maximum atomic E-state index is 14.1. The van der Waals surface area contributed by atoms with Gasteiger partial charge in [-0.15, -0.1) is 0 Å². The smallest absolute Gasteiger partial charge is 0.143 e. The van der Waals surface area contributed by atoms with Gasteiger partial charge in [0.2, 0.25) is 0 Å². The van der Waals surface area contributed by atoms with Crippen molar-refractivity contribution in [1.82, 2.24) is 0 Å². The van der Waals surface area contributed by atoms with E-state index < -0.39 is 11.3 Å². The van der Waals surface area contributed by atoms with Crippen LogP contribution in [0.5, 0.6) is 0 Å². The molecule has 4 heteroatoms. The molecule has 1 atom stereocenters. The average molecular weight is 275 g/mol. The largest absolute Gasteiger partial charge is 0.382 e. The second-order valence-corrected chi connectivity index (χ2v) is 5.17. The molecule has 0 amide bonds. The molecule has 92 valence electrons. The van der Waals surface area contributed by atoms with Gasteiger partial charge < -0.3 is 5.11 Å². The fraction of sp³-hybridized carbons (Fsp3) is 0.385. The molecule has 1 nitrogen and oxygen atoms in total. The Morgan fingerprint density at radius 2 is 2.06 bits per heavy atom. The lowest BCUT2D eigenvalue weighted by Gasteiger charge is -2.30. The van der Waals surface area contributed by atoms with Gasteiger partial charge in [0.15, 0.2) is 0 Å². The van der Waals surface area contributed by atoms with Crippen molar-refractivity contribution in [3.63, 3.8) is 0 Å². The molecule has 0 bridgehead atoms. The average Bonchev–Trinajstić information content (AvgIpc) is 3.02. The Kier molecular flexibility index (Phi) is 3.23. The molecule has 1 unspecified atom stereocenters. The Hall–Kier alpha value is -0.570. The number of benzene rings is 1. The Bertz CT molecular complexity index is 464. The summed E-state index contributed by atoms with van der Waals surface area (Å²) in [6, 6.07) is 6.95. The Balaban J connectivity index is 2.46. The van der Waals surface area contributed by atoms with E-state index >= 15 is 0 Å². The SMILES string of the molecule is CC(O)(C(=CCl)c1ccccc1Cl)C1(F)CC1. The lowest BCUT2D eigenvalue weighted by molar-refractivity contribution is 0.0161. The minimum Gasteiger partial charge on any atom is -0.382 e. The van der Waals surface area contributed by atoms with Gasteiger partial charge in [-0.3, -0.25) is 0 Å². The van der Waals surface area contributed by atoms with Crippen molar-refractivity contribution in [2.75, 3.05) is 0 Å². The summed E-state index contributed by atoms with van der Waals surface area (Å²) >= 11 is 11.8. The van der Waals surface area contributed by atoms with E-state index in [4.69, 9.17) is 23.2 Å². The highest BCUT2D eigenvalue weighted by Crippen LogP contribution is 2.54. The predicted octanol–water partition coefficient (Wildman–Crippen LogP) is 4.17. The molecule has 1 aromatic rings. The van der Waals surface area contributed by atoms with Crippen molar-refractivity contribution in [1.29, 1.82) is 0 Å². The van der Waals surface area contributed by atoms with Crippen LogP contribution in [0.25, 0.3) is 5.57 Å². The molecule has 1 aromatic carbocycles. The molecule has 0 aliphatic heterocycles. The highest BCUT2D eigenvalue weighted by molar-refractivity contribution is 6.34. The molecule has 17 heavy (non-hydrogen) atoms. The monoisotopic (exact) mass is 274 g/mol. The molecule has 1 fully saturated rings. The first-order valence-corrected chi connectivity index (χ1v) is 6.21. The standard InChI is InChI=1S/C13H13Cl2FO/c1-12(17,13(16)6-7-13)10(8-14)9-4-2-3-5-11(9)15/h2-5,8,17H,6-7H2,1H3. The van der Waals surface area contributed by atoms with Crippen LogP contribution in [0.15, 0.2) is 29.8 Å². The first-order valence-electron chi connectivity index (χ1n) is 5.39. The predicted molar refractivity (Wildman–Crippen MR) is 69.0 cm³/mol. The second-order valence-electron chi connectivity index (χ2n) is 4.54. The molecule has 0 heterocycles. The van der Waals surface area contributed by atoms with Gasteiger partial charge in [-0.1, -0.05) is 41.4 Å². The van der Waals surface area contributed by atoms with E-state index in [0.717, 1.165) is 0 Å². The maximum absolute atomic E-state index is 14.1. The van der Waals surface area contributed by atoms with Crippen molar-refractivity contribution in [3.05, 3.63) is 40.4 Å². The summed E-state index contributed by atoms with van der Waals surface area (Å²) in [7, 11) is 0. The lowest BCUT2D eigenvalue weighted by atomic mass is 9.85. The normalized spacial score (nSPS) is 22.1. The summed E-state index contributed by atoms with van der Waals surface area (Å²) in [5.41, 5.74) is -1.10. The highest BCUT2D eigenvalue weighted by Gasteiger charge is 2.59. The van der Waals surface area contributed by atoms with Crippen LogP contribution in [0.1, 0.15) is 25.3 Å². The quantitative estimate of drug-likeness (QED) is 0.877. The zero-order chi connectivity index (χ0) is 12.7. The van der Waals surface area contributed by atoms with Gasteiger partial charge in [-0.25, -0.2) is 4.39 Å². The summed E-state index contributed by atoms with van der Waals surface area (Å²) in [6.45, 7) is 1.44. The molecule has 2 rings (SSSR count). The van der Waals surface area contributed by atoms with Gasteiger partial charge in [0, 0.05) is 21.7 Å². The molecule has 0 spiro atoms. The second kappa shape index (κ2) is 4.27. The van der Waals surface area contributed by atoms with Gasteiger partial charge in [0.1, 0.15) is 11.3 Å². The van der Waals surface area contributed by atoms with Gasteiger partial charge in [0.25, 0.3) is 0 Å². The number of rotatable bonds is 3. The van der Waals surface area contributed by atoms with Crippen LogP contribution >= 0.6 is 23.2 Å². The molecule has 0 aromatic heterocycles. The van der Waals surface area contributed by atoms with Crippen molar-refractivity contribution < 1.29 is 9.50 Å². The van der Waals surface area contributed by atoms with Crippen LogP contribution in [0.3, 0.4) is 0 Å². The summed E-state index contributed by atoms with van der Waals surface area (Å²) < 4.78 is 14.1. The molecule has 1 saturated carbocycles. The van der Waals surface area contributed by atoms with E-state index in [0.29, 0.717) is 29.0 Å². The van der Waals surface area contributed by atoms with Crippen molar-refractivity contribution in [3.8, 4) is 0 Å². The van der Waals surface area contributed by atoms with E-state index in [1.807, 2.05) is 0 Å². The fourth-order valence-electron chi connectivity index (χ4n) is 1.94. The van der Waals surface area contributed by atoms with E-state index in [1.54, 1.807) is 24.3 Å². The number of hydrogen-bond acceptors (Lipinski definition) is 1. The zero-order valence-corrected chi connectivity index (χ0v) is 10.9. The summed E-state index contributed by atoms with van der Waals surface area (Å²) in [5.74, 6) is 0. The van der Waals surface area contributed by atoms with Crippen molar-refractivity contribution >= 4 is 28.8 Å². The van der Waals surface area contributed by atoms with Crippen LogP contribution in [0.4, 0.5) is 4.39 Å². The van der Waals surface area contributed by atoms with Crippen LogP contribution < -0.4 is 0 Å². The Morgan fingerprint density at radius 3 is 2.53 bits per heavy atom. The third kappa shape index (κ3) is 2.10. The summed E-state index contributed by atoms with van der Waals surface area (Å²) in [4.78, 5) is 0. The highest BCUT2D eigenvalue weighted by atomic mass is 35.5. The molecule has 0 saturated heterocycles. The molecule has 1 aliphatic rings. The minimum atomic E-state index is -1.61. The zero-order valence-electron chi connectivity index (χ0n) is 9.38. The first kappa shape index (κ1) is 12.9. The van der Waals surface area contributed by atoms with Crippen LogP contribution in [0.2, 0.25) is 5.02 Å². The van der Waals surface area contributed by atoms with E-state index in [1.165, 1.54) is 12.5 Å². The van der Waals surface area contributed by atoms with Crippen LogP contribution in [-0.2, 0) is 0 Å². The van der Waals surface area contributed by atoms with Gasteiger partial charge in [-0.05, 0) is 25.8 Å².